The van der Waals surface area contributed by atoms with Crippen LogP contribution in [-0.2, 0) is 28.0 Å². The number of ether oxygens (including phenoxy) is 1. The van der Waals surface area contributed by atoms with E-state index in [4.69, 9.17) is 4.74 Å². The second-order valence-electron chi connectivity index (χ2n) is 9.68. The van der Waals surface area contributed by atoms with Crippen molar-refractivity contribution in [3.8, 4) is 0 Å². The van der Waals surface area contributed by atoms with Crippen LogP contribution in [0.5, 0.6) is 0 Å². The van der Waals surface area contributed by atoms with Crippen LogP contribution < -0.4 is 0 Å². The van der Waals surface area contributed by atoms with Crippen LogP contribution in [0.3, 0.4) is 0 Å². The lowest BCUT2D eigenvalue weighted by molar-refractivity contribution is -0.147. The third kappa shape index (κ3) is 4.14. The second-order valence-corrected chi connectivity index (χ2v) is 9.68. The van der Waals surface area contributed by atoms with E-state index in [-0.39, 0.29) is 17.8 Å². The van der Waals surface area contributed by atoms with Crippen LogP contribution in [0.4, 0.5) is 17.6 Å². The molecule has 0 unspecified atom stereocenters. The van der Waals surface area contributed by atoms with Crippen molar-refractivity contribution in [1.82, 2.24) is 9.97 Å². The molecule has 1 aliphatic carbocycles. The van der Waals surface area contributed by atoms with Gasteiger partial charge in [0.05, 0.1) is 11.5 Å². The van der Waals surface area contributed by atoms with Crippen LogP contribution in [0.1, 0.15) is 63.1 Å². The third-order valence-electron chi connectivity index (χ3n) is 5.94. The van der Waals surface area contributed by atoms with Crippen molar-refractivity contribution in [3.05, 3.63) is 70.8 Å². The minimum atomic E-state index is -1.58. The fourth-order valence-electron chi connectivity index (χ4n) is 3.99. The van der Waals surface area contributed by atoms with Crippen molar-refractivity contribution in [1.29, 1.82) is 0 Å². The number of rotatable bonds is 6. The molecular weight excluding hydrogens is 424 g/mol. The summed E-state index contributed by atoms with van der Waals surface area (Å²) in [7, 11) is 0. The highest BCUT2D eigenvalue weighted by Gasteiger charge is 2.63. The molecule has 4 nitrogen and oxygen atoms in total. The van der Waals surface area contributed by atoms with Crippen molar-refractivity contribution < 1.29 is 27.1 Å². The maximum Gasteiger partial charge on any atom is 0.310 e. The van der Waals surface area contributed by atoms with E-state index in [9.17, 15) is 22.4 Å². The Balaban J connectivity index is 1.77. The molecule has 1 saturated carbocycles. The van der Waals surface area contributed by atoms with Crippen molar-refractivity contribution in [3.63, 3.8) is 0 Å². The number of benzene rings is 1. The third-order valence-corrected chi connectivity index (χ3v) is 5.94. The SMILES string of the molecule is C=CCc1c(F)c(F)c(COC(=O)[C@H]2[C@H](c3cnc(C(C)(C)C)nc3)C2(C)C)c(F)c1F. The van der Waals surface area contributed by atoms with Gasteiger partial charge < -0.3 is 4.74 Å². The number of halogens is 4. The van der Waals surface area contributed by atoms with Crippen LogP contribution in [-0.4, -0.2) is 15.9 Å². The molecule has 3 rings (SSSR count). The summed E-state index contributed by atoms with van der Waals surface area (Å²) < 4.78 is 61.9. The Morgan fingerprint density at radius 1 is 1.06 bits per heavy atom. The van der Waals surface area contributed by atoms with Gasteiger partial charge in [0.15, 0.2) is 23.3 Å². The smallest absolute Gasteiger partial charge is 0.310 e. The number of aromatic nitrogens is 2. The van der Waals surface area contributed by atoms with Crippen molar-refractivity contribution in [2.75, 3.05) is 0 Å². The molecule has 1 fully saturated rings. The van der Waals surface area contributed by atoms with Gasteiger partial charge in [-0.05, 0) is 17.4 Å². The summed E-state index contributed by atoms with van der Waals surface area (Å²) in [5, 5.41) is 0. The summed E-state index contributed by atoms with van der Waals surface area (Å²) in [6.07, 6.45) is 4.08. The maximum absolute atomic E-state index is 14.3. The first-order valence-electron chi connectivity index (χ1n) is 10.3. The van der Waals surface area contributed by atoms with Gasteiger partial charge in [0.25, 0.3) is 0 Å². The zero-order valence-electron chi connectivity index (χ0n) is 18.7. The van der Waals surface area contributed by atoms with Crippen molar-refractivity contribution in [2.45, 2.75) is 59.0 Å². The number of allylic oxidation sites excluding steroid dienone is 1. The lowest BCUT2D eigenvalue weighted by Crippen LogP contribution is -2.16. The molecule has 0 bridgehead atoms. The Morgan fingerprint density at radius 2 is 1.56 bits per heavy atom. The summed E-state index contributed by atoms with van der Waals surface area (Å²) in [6, 6.07) is 0. The topological polar surface area (TPSA) is 52.1 Å². The van der Waals surface area contributed by atoms with Crippen LogP contribution in [0, 0.1) is 34.6 Å². The van der Waals surface area contributed by atoms with E-state index < -0.39 is 58.3 Å². The Morgan fingerprint density at radius 3 is 2.03 bits per heavy atom. The molecule has 2 atom stereocenters. The van der Waals surface area contributed by atoms with Crippen LogP contribution in [0.15, 0.2) is 25.0 Å². The quantitative estimate of drug-likeness (QED) is 0.251. The van der Waals surface area contributed by atoms with Crippen molar-refractivity contribution >= 4 is 5.97 Å². The largest absolute Gasteiger partial charge is 0.460 e. The van der Waals surface area contributed by atoms with Gasteiger partial charge in [-0.25, -0.2) is 27.5 Å². The summed E-state index contributed by atoms with van der Waals surface area (Å²) in [5.41, 5.74) is -1.70. The molecule has 1 aliphatic rings. The molecule has 8 heteroatoms. The molecule has 0 radical (unpaired) electrons. The van der Waals surface area contributed by atoms with E-state index in [1.54, 1.807) is 12.4 Å². The van der Waals surface area contributed by atoms with Crippen LogP contribution in [0.25, 0.3) is 0 Å². The lowest BCUT2D eigenvalue weighted by Gasteiger charge is -2.16. The second kappa shape index (κ2) is 8.30. The first-order valence-corrected chi connectivity index (χ1v) is 10.3. The highest BCUT2D eigenvalue weighted by molar-refractivity contribution is 5.79. The molecule has 0 aliphatic heterocycles. The van der Waals surface area contributed by atoms with Gasteiger partial charge in [0.1, 0.15) is 12.4 Å². The molecule has 2 aromatic rings. The molecule has 172 valence electrons. The summed E-state index contributed by atoms with van der Waals surface area (Å²) in [4.78, 5) is 21.4. The fraction of sp³-hybridized carbons (Fsp3) is 0.458. The van der Waals surface area contributed by atoms with E-state index in [0.717, 1.165) is 11.6 Å². The van der Waals surface area contributed by atoms with Gasteiger partial charge in [-0.1, -0.05) is 40.7 Å². The first kappa shape index (κ1) is 23.9. The molecule has 0 N–H and O–H groups in total. The van der Waals surface area contributed by atoms with E-state index in [2.05, 4.69) is 16.5 Å². The van der Waals surface area contributed by atoms with Gasteiger partial charge in [0, 0.05) is 29.3 Å². The number of carbonyl (C=O) groups is 1. The van der Waals surface area contributed by atoms with Gasteiger partial charge >= 0.3 is 5.97 Å². The fourth-order valence-corrected chi connectivity index (χ4v) is 3.99. The average molecular weight is 450 g/mol. The minimum Gasteiger partial charge on any atom is -0.460 e. The van der Waals surface area contributed by atoms with Gasteiger partial charge in [-0.15, -0.1) is 6.58 Å². The van der Waals surface area contributed by atoms with Crippen LogP contribution >= 0.6 is 0 Å². The molecule has 1 aromatic carbocycles. The number of esters is 1. The van der Waals surface area contributed by atoms with E-state index in [1.165, 1.54) is 0 Å². The van der Waals surface area contributed by atoms with E-state index in [0.29, 0.717) is 5.82 Å². The molecule has 1 heterocycles. The molecule has 0 amide bonds. The summed E-state index contributed by atoms with van der Waals surface area (Å²) >= 11 is 0. The minimum absolute atomic E-state index is 0.226. The maximum atomic E-state index is 14.3. The molecule has 1 aromatic heterocycles. The van der Waals surface area contributed by atoms with Gasteiger partial charge in [0.2, 0.25) is 0 Å². The normalized spacial score (nSPS) is 19.5. The van der Waals surface area contributed by atoms with Gasteiger partial charge in [-0.2, -0.15) is 0 Å². The zero-order valence-corrected chi connectivity index (χ0v) is 18.7. The summed E-state index contributed by atoms with van der Waals surface area (Å²) in [5.74, 6) is -7.10. The molecule has 32 heavy (non-hydrogen) atoms. The lowest BCUT2D eigenvalue weighted by atomic mass is 9.95. The number of carbonyl (C=O) groups excluding carboxylic acids is 1. The Labute approximate surface area is 184 Å². The summed E-state index contributed by atoms with van der Waals surface area (Å²) in [6.45, 7) is 12.0. The number of hydrogen-bond donors (Lipinski definition) is 0. The Bertz CT molecular complexity index is 1030. The standard InChI is InChI=1S/C24H26F4N2O2/c1-7-8-13-17(25)19(27)14(20(28)18(13)26)11-32-21(31)16-15(24(16,5)6)12-9-29-22(30-10-12)23(2,3)4/h7,9-10,15-16H,1,8,11H2,2-6H3/t15-,16+/m0/s1. The van der Waals surface area contributed by atoms with E-state index >= 15 is 0 Å². The zero-order chi connectivity index (χ0) is 24.0. The van der Waals surface area contributed by atoms with Gasteiger partial charge in [-0.3, -0.25) is 4.79 Å². The first-order chi connectivity index (χ1) is 14.8. The number of nitrogens with zero attached hydrogens (tertiary/aromatic N) is 2. The number of hydrogen-bond acceptors (Lipinski definition) is 4. The molecule has 0 saturated heterocycles. The van der Waals surface area contributed by atoms with Crippen LogP contribution in [0.2, 0.25) is 0 Å². The monoisotopic (exact) mass is 450 g/mol. The van der Waals surface area contributed by atoms with E-state index in [1.807, 2.05) is 34.6 Å². The molecular formula is C24H26F4N2O2. The predicted molar refractivity (Wildman–Crippen MR) is 111 cm³/mol. The highest BCUT2D eigenvalue weighted by atomic mass is 19.2. The average Bonchev–Trinajstić information content (AvgIpc) is 3.31. The molecule has 0 spiro atoms. The predicted octanol–water partition coefficient (Wildman–Crippen LogP) is 5.54. The highest BCUT2D eigenvalue weighted by Crippen LogP contribution is 2.64. The Kier molecular flexibility index (Phi) is 6.19. The van der Waals surface area contributed by atoms with Crippen molar-refractivity contribution in [2.24, 2.45) is 11.3 Å². The Hall–Kier alpha value is -2.77.